The first kappa shape index (κ1) is 18.0. The van der Waals surface area contributed by atoms with Gasteiger partial charge in [0.15, 0.2) is 8.32 Å². The lowest BCUT2D eigenvalue weighted by Gasteiger charge is -2.44. The second-order valence-electron chi connectivity index (χ2n) is 7.91. The molecule has 3 atom stereocenters. The Bertz CT molecular complexity index is 575. The van der Waals surface area contributed by atoms with Gasteiger partial charge in [0.2, 0.25) is 5.91 Å². The molecule has 1 aromatic rings. The molecule has 0 bridgehead atoms. The maximum atomic E-state index is 12.0. The lowest BCUT2D eigenvalue weighted by atomic mass is 9.85. The van der Waals surface area contributed by atoms with Gasteiger partial charge in [-0.25, -0.2) is 0 Å². The van der Waals surface area contributed by atoms with Crippen LogP contribution < -0.4 is 5.32 Å². The maximum Gasteiger partial charge on any atom is 0.228 e. The number of hydrogen-bond acceptors (Lipinski definition) is 2. The molecule has 2 rings (SSSR count). The van der Waals surface area contributed by atoms with Crippen LogP contribution in [0.4, 0.5) is 0 Å². The van der Waals surface area contributed by atoms with Gasteiger partial charge in [0, 0.05) is 0 Å². The zero-order valence-corrected chi connectivity index (χ0v) is 16.1. The molecule has 0 aliphatic carbocycles. The first-order valence-electron chi connectivity index (χ1n) is 8.33. The minimum atomic E-state index is -1.86. The number of benzene rings is 1. The summed E-state index contributed by atoms with van der Waals surface area (Å²) in [5.41, 5.74) is 1.14. The predicted octanol–water partition coefficient (Wildman–Crippen LogP) is 4.22. The van der Waals surface area contributed by atoms with Crippen molar-refractivity contribution < 1.29 is 9.22 Å². The first-order valence-corrected chi connectivity index (χ1v) is 11.2. The van der Waals surface area contributed by atoms with Gasteiger partial charge in [0.1, 0.15) is 0 Å². The molecule has 1 heterocycles. The van der Waals surface area contributed by atoms with E-state index in [4.69, 9.17) is 4.43 Å². The third-order valence-corrected chi connectivity index (χ3v) is 9.66. The van der Waals surface area contributed by atoms with Crippen molar-refractivity contribution in [3.05, 3.63) is 42.0 Å². The highest BCUT2D eigenvalue weighted by Crippen LogP contribution is 2.39. The highest BCUT2D eigenvalue weighted by Gasteiger charge is 2.46. The van der Waals surface area contributed by atoms with Crippen LogP contribution in [0.1, 0.15) is 33.3 Å². The van der Waals surface area contributed by atoms with Crippen molar-refractivity contribution in [1.29, 1.82) is 0 Å². The van der Waals surface area contributed by atoms with E-state index in [-0.39, 0.29) is 29.0 Å². The molecule has 3 nitrogen and oxygen atoms in total. The number of nitrogens with one attached hydrogen (secondary N) is 1. The van der Waals surface area contributed by atoms with E-state index in [1.54, 1.807) is 0 Å². The zero-order valence-electron chi connectivity index (χ0n) is 15.1. The van der Waals surface area contributed by atoms with Crippen molar-refractivity contribution in [3.63, 3.8) is 0 Å². The second-order valence-corrected chi connectivity index (χ2v) is 12.7. The minimum Gasteiger partial charge on any atom is -0.413 e. The Hall–Kier alpha value is -1.39. The fraction of sp³-hybridized carbons (Fsp3) is 0.526. The van der Waals surface area contributed by atoms with Crippen LogP contribution >= 0.6 is 0 Å². The number of rotatable bonds is 5. The van der Waals surface area contributed by atoms with Gasteiger partial charge in [-0.3, -0.25) is 4.79 Å². The summed E-state index contributed by atoms with van der Waals surface area (Å²) in [6.07, 6.45) is 4.08. The van der Waals surface area contributed by atoms with Crippen LogP contribution in [-0.4, -0.2) is 26.4 Å². The Kier molecular flexibility index (Phi) is 5.16. The van der Waals surface area contributed by atoms with Crippen molar-refractivity contribution in [1.82, 2.24) is 5.32 Å². The zero-order chi connectivity index (χ0) is 17.3. The fourth-order valence-corrected chi connectivity index (χ4v) is 4.01. The fourth-order valence-electron chi connectivity index (χ4n) is 2.58. The average molecular weight is 332 g/mol. The van der Waals surface area contributed by atoms with Gasteiger partial charge in [-0.2, -0.15) is 0 Å². The smallest absolute Gasteiger partial charge is 0.228 e. The predicted molar refractivity (Wildman–Crippen MR) is 98.6 cm³/mol. The first-order chi connectivity index (χ1) is 10.6. The highest BCUT2D eigenvalue weighted by molar-refractivity contribution is 6.74. The van der Waals surface area contributed by atoms with Gasteiger partial charge in [-0.05, 0) is 30.6 Å². The molecule has 4 heteroatoms. The lowest BCUT2D eigenvalue weighted by Crippen LogP contribution is -2.62. The topological polar surface area (TPSA) is 38.3 Å². The summed E-state index contributed by atoms with van der Waals surface area (Å²) in [6, 6.07) is 10.2. The van der Waals surface area contributed by atoms with Gasteiger partial charge in [0.05, 0.1) is 18.1 Å². The van der Waals surface area contributed by atoms with Gasteiger partial charge < -0.3 is 9.74 Å². The normalized spacial score (nSPS) is 23.5. The third kappa shape index (κ3) is 4.12. The second kappa shape index (κ2) is 6.61. The Labute approximate surface area is 141 Å². The Morgan fingerprint density at radius 2 is 1.83 bits per heavy atom. The van der Waals surface area contributed by atoms with Gasteiger partial charge in [-0.1, -0.05) is 63.3 Å². The van der Waals surface area contributed by atoms with E-state index in [2.05, 4.69) is 63.5 Å². The van der Waals surface area contributed by atoms with Crippen molar-refractivity contribution in [2.45, 2.75) is 58.0 Å². The molecule has 1 N–H and O–H groups in total. The number of carbonyl (C=O) groups excluding carboxylic acids is 1. The Balaban J connectivity index is 2.03. The molecule has 0 radical (unpaired) electrons. The Morgan fingerprint density at radius 1 is 1.22 bits per heavy atom. The van der Waals surface area contributed by atoms with Crippen molar-refractivity contribution in [2.24, 2.45) is 5.92 Å². The number of hydrogen-bond donors (Lipinski definition) is 1. The van der Waals surface area contributed by atoms with Crippen LogP contribution in [0.2, 0.25) is 18.1 Å². The maximum absolute atomic E-state index is 12.0. The molecule has 126 valence electrons. The summed E-state index contributed by atoms with van der Waals surface area (Å²) < 4.78 is 6.40. The molecule has 1 amide bonds. The summed E-state index contributed by atoms with van der Waals surface area (Å²) in [6.45, 7) is 13.2. The largest absolute Gasteiger partial charge is 0.413 e. The Morgan fingerprint density at radius 3 is 2.35 bits per heavy atom. The van der Waals surface area contributed by atoms with Crippen molar-refractivity contribution >= 4 is 20.3 Å². The average Bonchev–Trinajstić information content (AvgIpc) is 2.42. The SMILES string of the molecule is CC(O[Si](C)(C)C(C)(C)C)[C@H]1C(=O)N[C@@H]1/C=C/c1ccccc1. The lowest BCUT2D eigenvalue weighted by molar-refractivity contribution is -0.137. The van der Waals surface area contributed by atoms with E-state index in [1.807, 2.05) is 25.1 Å². The minimum absolute atomic E-state index is 0.0578. The van der Waals surface area contributed by atoms with Crippen LogP contribution in [0.25, 0.3) is 6.08 Å². The van der Waals surface area contributed by atoms with E-state index in [0.29, 0.717) is 0 Å². The molecule has 23 heavy (non-hydrogen) atoms. The molecule has 1 aliphatic heterocycles. The van der Waals surface area contributed by atoms with E-state index >= 15 is 0 Å². The van der Waals surface area contributed by atoms with E-state index in [9.17, 15) is 4.79 Å². The standard InChI is InChI=1S/C19H29NO2Si/c1-14(22-23(5,6)19(2,3)4)17-16(20-18(17)21)13-12-15-10-8-7-9-11-15/h7-14,16-17H,1-6H3,(H,20,21)/b13-12+/t14?,16-,17-/m1/s1. The molecule has 0 saturated carbocycles. The monoisotopic (exact) mass is 331 g/mol. The molecular weight excluding hydrogens is 302 g/mol. The summed E-state index contributed by atoms with van der Waals surface area (Å²) >= 11 is 0. The molecular formula is C19H29NO2Si. The summed E-state index contributed by atoms with van der Waals surface area (Å²) in [5.74, 6) is 0.00279. The number of amides is 1. The van der Waals surface area contributed by atoms with Crippen molar-refractivity contribution in [2.75, 3.05) is 0 Å². The molecule has 1 aliphatic rings. The molecule has 1 fully saturated rings. The summed E-state index contributed by atoms with van der Waals surface area (Å²) in [7, 11) is -1.86. The molecule has 0 spiro atoms. The molecule has 1 saturated heterocycles. The van der Waals surface area contributed by atoms with E-state index in [0.717, 1.165) is 5.56 Å². The summed E-state index contributed by atoms with van der Waals surface area (Å²) in [5, 5.41) is 3.13. The molecule has 1 aromatic carbocycles. The van der Waals surface area contributed by atoms with Crippen LogP contribution in [-0.2, 0) is 9.22 Å². The van der Waals surface area contributed by atoms with Crippen LogP contribution in [0.3, 0.4) is 0 Å². The molecule has 1 unspecified atom stereocenters. The summed E-state index contributed by atoms with van der Waals surface area (Å²) in [4.78, 5) is 12.0. The van der Waals surface area contributed by atoms with E-state index < -0.39 is 8.32 Å². The van der Waals surface area contributed by atoms with Crippen LogP contribution in [0.15, 0.2) is 36.4 Å². The van der Waals surface area contributed by atoms with Gasteiger partial charge in [-0.15, -0.1) is 0 Å². The van der Waals surface area contributed by atoms with Gasteiger partial charge in [0.25, 0.3) is 0 Å². The van der Waals surface area contributed by atoms with Crippen LogP contribution in [0, 0.1) is 5.92 Å². The van der Waals surface area contributed by atoms with Crippen molar-refractivity contribution in [3.8, 4) is 0 Å². The third-order valence-electron chi connectivity index (χ3n) is 5.09. The van der Waals surface area contributed by atoms with E-state index in [1.165, 1.54) is 0 Å². The number of carbonyl (C=O) groups is 1. The van der Waals surface area contributed by atoms with Crippen LogP contribution in [0.5, 0.6) is 0 Å². The molecule has 0 aromatic heterocycles. The quantitative estimate of drug-likeness (QED) is 0.648. The number of β-lactam (4-membered cyclic amide) rings is 1. The van der Waals surface area contributed by atoms with Gasteiger partial charge >= 0.3 is 0 Å². The highest BCUT2D eigenvalue weighted by atomic mass is 28.4.